The van der Waals surface area contributed by atoms with Gasteiger partial charge >= 0.3 is 0 Å². The second kappa shape index (κ2) is 8.02. The molecule has 27 heavy (non-hydrogen) atoms. The molecule has 3 heterocycles. The summed E-state index contributed by atoms with van der Waals surface area (Å²) in [7, 11) is 0. The number of carbonyl (C=O) groups is 1. The van der Waals surface area contributed by atoms with E-state index in [1.54, 1.807) is 6.20 Å². The lowest BCUT2D eigenvalue weighted by atomic mass is 10.1. The van der Waals surface area contributed by atoms with Crippen LogP contribution in [0.5, 0.6) is 0 Å². The van der Waals surface area contributed by atoms with Gasteiger partial charge in [-0.1, -0.05) is 18.2 Å². The minimum atomic E-state index is 0.0177. The van der Waals surface area contributed by atoms with E-state index in [1.165, 1.54) is 11.3 Å². The van der Waals surface area contributed by atoms with Crippen LogP contribution in [0.25, 0.3) is 16.3 Å². The van der Waals surface area contributed by atoms with Crippen molar-refractivity contribution >= 4 is 17.2 Å². The van der Waals surface area contributed by atoms with E-state index in [-0.39, 0.29) is 11.9 Å². The predicted octanol–water partition coefficient (Wildman–Crippen LogP) is 3.21. The molecule has 1 amide bonds. The molecule has 7 heteroatoms. The second-order valence-corrected chi connectivity index (χ2v) is 7.50. The van der Waals surface area contributed by atoms with Gasteiger partial charge in [-0.2, -0.15) is 5.10 Å². The Morgan fingerprint density at radius 3 is 2.96 bits per heavy atom. The van der Waals surface area contributed by atoms with E-state index in [4.69, 9.17) is 0 Å². The minimum Gasteiger partial charge on any atom is -0.333 e. The average Bonchev–Trinajstić information content (AvgIpc) is 3.40. The normalized spacial score (nSPS) is 17.0. The molecule has 6 nitrogen and oxygen atoms in total. The Bertz CT molecular complexity index is 898. The highest BCUT2D eigenvalue weighted by atomic mass is 32.1. The first-order valence-electron chi connectivity index (χ1n) is 9.34. The number of rotatable bonds is 5. The summed E-state index contributed by atoms with van der Waals surface area (Å²) in [6.45, 7) is 4.63. The molecule has 1 unspecified atom stereocenters. The van der Waals surface area contributed by atoms with Gasteiger partial charge in [0, 0.05) is 36.3 Å². The Morgan fingerprint density at radius 2 is 2.22 bits per heavy atom. The number of nitrogens with one attached hydrogen (secondary N) is 1. The van der Waals surface area contributed by atoms with Crippen LogP contribution in [0.1, 0.15) is 30.3 Å². The molecule has 2 aromatic heterocycles. The number of benzene rings is 1. The van der Waals surface area contributed by atoms with Crippen LogP contribution in [-0.2, 0) is 0 Å². The van der Waals surface area contributed by atoms with Crippen LogP contribution < -0.4 is 5.32 Å². The molecule has 0 spiro atoms. The smallest absolute Gasteiger partial charge is 0.273 e. The van der Waals surface area contributed by atoms with E-state index in [0.717, 1.165) is 42.2 Å². The first-order valence-corrected chi connectivity index (χ1v) is 10.2. The maximum Gasteiger partial charge on any atom is 0.273 e. The maximum absolute atomic E-state index is 13.0. The Morgan fingerprint density at radius 1 is 1.37 bits per heavy atom. The van der Waals surface area contributed by atoms with Crippen molar-refractivity contribution in [2.24, 2.45) is 0 Å². The molecule has 1 N–H and O–H groups in total. The van der Waals surface area contributed by atoms with Crippen LogP contribution in [0, 0.1) is 0 Å². The van der Waals surface area contributed by atoms with Gasteiger partial charge in [0.2, 0.25) is 0 Å². The fraction of sp³-hybridized carbons (Fsp3) is 0.350. The summed E-state index contributed by atoms with van der Waals surface area (Å²) in [5.74, 6) is 0.0177. The van der Waals surface area contributed by atoms with Crippen LogP contribution in [-0.4, -0.2) is 51.2 Å². The molecule has 1 saturated heterocycles. The van der Waals surface area contributed by atoms with Gasteiger partial charge in [-0.05, 0) is 38.4 Å². The monoisotopic (exact) mass is 381 g/mol. The van der Waals surface area contributed by atoms with Crippen molar-refractivity contribution in [2.75, 3.05) is 19.6 Å². The number of hydrogen-bond acceptors (Lipinski definition) is 5. The highest BCUT2D eigenvalue weighted by Crippen LogP contribution is 2.25. The molecule has 0 radical (unpaired) electrons. The van der Waals surface area contributed by atoms with Crippen molar-refractivity contribution in [3.8, 4) is 16.3 Å². The number of carbonyl (C=O) groups excluding carboxylic acids is 1. The fourth-order valence-electron chi connectivity index (χ4n) is 3.47. The standard InChI is InChI=1S/C20H23N5OS/c1-2-24(17-9-6-10-21-12-17)20(26)18-14-27-19(23-18)15-11-22-25(13-15)16-7-4-3-5-8-16/h3-5,7-8,11,13-14,17,21H,2,6,9-10,12H2,1H3. The number of para-hydroxylation sites is 1. The predicted molar refractivity (Wildman–Crippen MR) is 107 cm³/mol. The fourth-order valence-corrected chi connectivity index (χ4v) is 4.24. The average molecular weight is 382 g/mol. The molecule has 3 aromatic rings. The van der Waals surface area contributed by atoms with E-state index in [1.807, 2.05) is 58.4 Å². The van der Waals surface area contributed by atoms with Crippen LogP contribution in [0.15, 0.2) is 48.1 Å². The Labute approximate surface area is 162 Å². The molecule has 1 aliphatic heterocycles. The highest BCUT2D eigenvalue weighted by molar-refractivity contribution is 7.13. The zero-order valence-corrected chi connectivity index (χ0v) is 16.2. The Kier molecular flexibility index (Phi) is 5.31. The third-order valence-electron chi connectivity index (χ3n) is 4.89. The van der Waals surface area contributed by atoms with Crippen molar-refractivity contribution in [1.82, 2.24) is 25.0 Å². The Hall–Kier alpha value is -2.51. The molecule has 4 rings (SSSR count). The summed E-state index contributed by atoms with van der Waals surface area (Å²) in [6, 6.07) is 10.2. The van der Waals surface area contributed by atoms with Gasteiger partial charge in [0.25, 0.3) is 5.91 Å². The molecule has 140 valence electrons. The number of amides is 1. The van der Waals surface area contributed by atoms with Crippen molar-refractivity contribution in [1.29, 1.82) is 0 Å². The zero-order valence-electron chi connectivity index (χ0n) is 15.3. The van der Waals surface area contributed by atoms with E-state index in [2.05, 4.69) is 15.4 Å². The Balaban J connectivity index is 1.53. The number of piperidine rings is 1. The highest BCUT2D eigenvalue weighted by Gasteiger charge is 2.26. The molecular formula is C20H23N5OS. The molecular weight excluding hydrogens is 358 g/mol. The largest absolute Gasteiger partial charge is 0.333 e. The lowest BCUT2D eigenvalue weighted by Crippen LogP contribution is -2.48. The third-order valence-corrected chi connectivity index (χ3v) is 5.78. The number of likely N-dealkylation sites (N-methyl/N-ethyl adjacent to an activating group) is 1. The van der Waals surface area contributed by atoms with Gasteiger partial charge in [-0.25, -0.2) is 9.67 Å². The van der Waals surface area contributed by atoms with Crippen LogP contribution in [0.4, 0.5) is 0 Å². The second-order valence-electron chi connectivity index (χ2n) is 6.64. The topological polar surface area (TPSA) is 63.1 Å². The minimum absolute atomic E-state index is 0.0177. The van der Waals surface area contributed by atoms with Gasteiger partial charge in [0.1, 0.15) is 10.7 Å². The molecule has 0 bridgehead atoms. The molecule has 1 aliphatic rings. The van der Waals surface area contributed by atoms with Crippen LogP contribution in [0.3, 0.4) is 0 Å². The van der Waals surface area contributed by atoms with Crippen LogP contribution >= 0.6 is 11.3 Å². The van der Waals surface area contributed by atoms with E-state index < -0.39 is 0 Å². The summed E-state index contributed by atoms with van der Waals surface area (Å²) in [5, 5.41) is 10.5. The molecule has 1 fully saturated rings. The van der Waals surface area contributed by atoms with E-state index in [0.29, 0.717) is 12.2 Å². The van der Waals surface area contributed by atoms with Crippen molar-refractivity contribution < 1.29 is 4.79 Å². The summed E-state index contributed by atoms with van der Waals surface area (Å²) in [6.07, 6.45) is 5.90. The maximum atomic E-state index is 13.0. The zero-order chi connectivity index (χ0) is 18.6. The van der Waals surface area contributed by atoms with Crippen molar-refractivity contribution in [3.63, 3.8) is 0 Å². The van der Waals surface area contributed by atoms with Gasteiger partial charge < -0.3 is 10.2 Å². The number of hydrogen-bond donors (Lipinski definition) is 1. The van der Waals surface area contributed by atoms with Crippen molar-refractivity contribution in [3.05, 3.63) is 53.8 Å². The van der Waals surface area contributed by atoms with Gasteiger partial charge in [-0.15, -0.1) is 11.3 Å². The number of thiazole rings is 1. The third kappa shape index (κ3) is 3.79. The first kappa shape index (κ1) is 17.9. The molecule has 1 atom stereocenters. The van der Waals surface area contributed by atoms with E-state index in [9.17, 15) is 4.79 Å². The van der Waals surface area contributed by atoms with Gasteiger partial charge in [-0.3, -0.25) is 4.79 Å². The molecule has 0 saturated carbocycles. The molecule has 1 aromatic carbocycles. The first-order chi connectivity index (χ1) is 13.3. The molecule has 0 aliphatic carbocycles. The number of aromatic nitrogens is 3. The number of nitrogens with zero attached hydrogens (tertiary/aromatic N) is 4. The summed E-state index contributed by atoms with van der Waals surface area (Å²) < 4.78 is 1.82. The van der Waals surface area contributed by atoms with E-state index >= 15 is 0 Å². The van der Waals surface area contributed by atoms with Crippen LogP contribution in [0.2, 0.25) is 0 Å². The summed E-state index contributed by atoms with van der Waals surface area (Å²) in [4.78, 5) is 19.5. The quantitative estimate of drug-likeness (QED) is 0.737. The lowest BCUT2D eigenvalue weighted by molar-refractivity contribution is 0.0657. The van der Waals surface area contributed by atoms with Gasteiger partial charge in [0.05, 0.1) is 11.9 Å². The summed E-state index contributed by atoms with van der Waals surface area (Å²) in [5.41, 5.74) is 2.44. The van der Waals surface area contributed by atoms with Crippen molar-refractivity contribution in [2.45, 2.75) is 25.8 Å². The lowest BCUT2D eigenvalue weighted by Gasteiger charge is -2.33. The summed E-state index contributed by atoms with van der Waals surface area (Å²) >= 11 is 1.49. The van der Waals surface area contributed by atoms with Gasteiger partial charge in [0.15, 0.2) is 0 Å². The SMILES string of the molecule is CCN(C(=O)c1csc(-c2cnn(-c3ccccc3)c2)n1)C1CCCNC1.